The summed E-state index contributed by atoms with van der Waals surface area (Å²) in [5, 5.41) is 9.98. The monoisotopic (exact) mass is 388 g/mol. The predicted molar refractivity (Wildman–Crippen MR) is 117 cm³/mol. The van der Waals surface area contributed by atoms with Gasteiger partial charge in [-0.1, -0.05) is 89.0 Å². The maximum atomic E-state index is 12.4. The van der Waals surface area contributed by atoms with Gasteiger partial charge < -0.3 is 5.11 Å². The number of ketones is 2. The van der Waals surface area contributed by atoms with Crippen molar-refractivity contribution in [3.8, 4) is 0 Å². The van der Waals surface area contributed by atoms with Crippen LogP contribution in [0.5, 0.6) is 0 Å². The second-order valence-electron chi connectivity index (χ2n) is 8.64. The Hall–Kier alpha value is -1.48. The highest BCUT2D eigenvalue weighted by molar-refractivity contribution is 6.09. The topological polar surface area (TPSA) is 54.4 Å². The lowest BCUT2D eigenvalue weighted by Crippen LogP contribution is -2.38. The summed E-state index contributed by atoms with van der Waals surface area (Å²) in [7, 11) is 0. The zero-order chi connectivity index (χ0) is 21.0. The van der Waals surface area contributed by atoms with Gasteiger partial charge in [-0.25, -0.2) is 0 Å². The highest BCUT2D eigenvalue weighted by atomic mass is 16.3. The van der Waals surface area contributed by atoms with Crippen molar-refractivity contribution in [3.05, 3.63) is 35.4 Å². The second-order valence-corrected chi connectivity index (χ2v) is 8.64. The Bertz CT molecular complexity index is 581. The fourth-order valence-electron chi connectivity index (χ4n) is 3.62. The molecule has 0 saturated heterocycles. The van der Waals surface area contributed by atoms with Crippen LogP contribution in [-0.4, -0.2) is 22.3 Å². The van der Waals surface area contributed by atoms with Gasteiger partial charge in [0.05, 0.1) is 0 Å². The molecule has 28 heavy (non-hydrogen) atoms. The van der Waals surface area contributed by atoms with E-state index in [1.165, 1.54) is 90.5 Å². The number of hydrogen-bond acceptors (Lipinski definition) is 3. The first-order valence-electron chi connectivity index (χ1n) is 11.1. The number of carbonyl (C=O) groups excluding carboxylic acids is 2. The molecule has 0 amide bonds. The van der Waals surface area contributed by atoms with Crippen molar-refractivity contribution in [2.75, 3.05) is 0 Å². The smallest absolute Gasteiger partial charge is 0.178 e. The van der Waals surface area contributed by atoms with Gasteiger partial charge in [-0.05, 0) is 44.7 Å². The Morgan fingerprint density at radius 3 is 1.75 bits per heavy atom. The molecule has 1 unspecified atom stereocenters. The number of rotatable bonds is 15. The highest BCUT2D eigenvalue weighted by Crippen LogP contribution is 2.24. The molecule has 0 spiro atoms. The third kappa shape index (κ3) is 9.14. The summed E-state index contributed by atoms with van der Waals surface area (Å²) in [6.45, 7) is 6.53. The van der Waals surface area contributed by atoms with Gasteiger partial charge in [0.15, 0.2) is 5.78 Å². The minimum atomic E-state index is -1.51. The number of aryl methyl sites for hydroxylation is 1. The average Bonchev–Trinajstić information content (AvgIpc) is 2.63. The lowest BCUT2D eigenvalue weighted by atomic mass is 9.83. The molecule has 158 valence electrons. The molecular weight excluding hydrogens is 348 g/mol. The van der Waals surface area contributed by atoms with E-state index in [0.29, 0.717) is 5.56 Å². The summed E-state index contributed by atoms with van der Waals surface area (Å²) in [5.41, 5.74) is 0.401. The van der Waals surface area contributed by atoms with Crippen molar-refractivity contribution in [2.24, 2.45) is 0 Å². The van der Waals surface area contributed by atoms with Crippen LogP contribution in [0.3, 0.4) is 0 Å². The van der Waals surface area contributed by atoms with Crippen molar-refractivity contribution in [3.63, 3.8) is 0 Å². The number of benzene rings is 1. The van der Waals surface area contributed by atoms with Crippen LogP contribution >= 0.6 is 0 Å². The SMILES string of the molecule is CCCCCCCCCCCCc1ccc(C(C(C)=O)C(=O)C(C)(C)O)cc1. The van der Waals surface area contributed by atoms with E-state index in [1.54, 1.807) is 0 Å². The fraction of sp³-hybridized carbons (Fsp3) is 0.680. The summed E-state index contributed by atoms with van der Waals surface area (Å²) >= 11 is 0. The third-order valence-corrected chi connectivity index (χ3v) is 5.40. The van der Waals surface area contributed by atoms with Crippen molar-refractivity contribution >= 4 is 11.6 Å². The van der Waals surface area contributed by atoms with Gasteiger partial charge >= 0.3 is 0 Å². The molecule has 1 N–H and O–H groups in total. The molecule has 0 aliphatic heterocycles. The molecule has 1 aromatic carbocycles. The Labute approximate surface area is 171 Å². The van der Waals surface area contributed by atoms with Crippen LogP contribution in [0, 0.1) is 0 Å². The van der Waals surface area contributed by atoms with Crippen LogP contribution in [-0.2, 0) is 16.0 Å². The van der Waals surface area contributed by atoms with Gasteiger partial charge in [0, 0.05) is 0 Å². The lowest BCUT2D eigenvalue weighted by Gasteiger charge is -2.22. The Balaban J connectivity index is 2.36. The molecule has 1 rings (SSSR count). The average molecular weight is 389 g/mol. The molecule has 0 bridgehead atoms. The van der Waals surface area contributed by atoms with E-state index < -0.39 is 17.3 Å². The minimum Gasteiger partial charge on any atom is -0.383 e. The van der Waals surface area contributed by atoms with Crippen LogP contribution in [0.15, 0.2) is 24.3 Å². The second kappa shape index (κ2) is 12.9. The first-order chi connectivity index (χ1) is 13.3. The molecule has 1 atom stereocenters. The van der Waals surface area contributed by atoms with Crippen molar-refractivity contribution < 1.29 is 14.7 Å². The predicted octanol–water partition coefficient (Wildman–Crippen LogP) is 6.16. The number of unbranched alkanes of at least 4 members (excludes halogenated alkanes) is 9. The van der Waals surface area contributed by atoms with E-state index in [2.05, 4.69) is 6.92 Å². The molecular formula is C25H40O3. The zero-order valence-electron chi connectivity index (χ0n) is 18.4. The van der Waals surface area contributed by atoms with Crippen LogP contribution in [0.1, 0.15) is 109 Å². The fourth-order valence-corrected chi connectivity index (χ4v) is 3.62. The first-order valence-corrected chi connectivity index (χ1v) is 11.1. The van der Waals surface area contributed by atoms with Crippen LogP contribution in [0.2, 0.25) is 0 Å². The molecule has 0 fully saturated rings. The van der Waals surface area contributed by atoms with Crippen molar-refractivity contribution in [1.29, 1.82) is 0 Å². The first kappa shape index (κ1) is 24.6. The van der Waals surface area contributed by atoms with Crippen molar-refractivity contribution in [1.82, 2.24) is 0 Å². The molecule has 0 radical (unpaired) electrons. The third-order valence-electron chi connectivity index (χ3n) is 5.40. The minimum absolute atomic E-state index is 0.227. The summed E-state index contributed by atoms with van der Waals surface area (Å²) in [6.07, 6.45) is 14.3. The number of hydrogen-bond donors (Lipinski definition) is 1. The molecule has 3 nitrogen and oxygen atoms in total. The maximum absolute atomic E-state index is 12.4. The molecule has 0 saturated carbocycles. The normalized spacial score (nSPS) is 12.8. The summed E-state index contributed by atoms with van der Waals surface area (Å²) in [5.74, 6) is -1.55. The molecule has 0 aromatic heterocycles. The van der Waals surface area contributed by atoms with E-state index in [9.17, 15) is 14.7 Å². The van der Waals surface area contributed by atoms with E-state index in [-0.39, 0.29) is 5.78 Å². The van der Waals surface area contributed by atoms with E-state index in [1.807, 2.05) is 24.3 Å². The lowest BCUT2D eigenvalue weighted by molar-refractivity contribution is -0.139. The van der Waals surface area contributed by atoms with Crippen LogP contribution < -0.4 is 0 Å². The Kier molecular flexibility index (Phi) is 11.3. The standard InChI is InChI=1S/C25H40O3/c1-5-6-7-8-9-10-11-12-13-14-15-21-16-18-22(19-17-21)23(20(2)26)24(27)25(3,4)28/h16-19,23,28H,5-15H2,1-4H3. The summed E-state index contributed by atoms with van der Waals surface area (Å²) in [4.78, 5) is 24.3. The summed E-state index contributed by atoms with van der Waals surface area (Å²) in [6, 6.07) is 7.75. The van der Waals surface area contributed by atoms with Gasteiger partial charge in [-0.3, -0.25) is 9.59 Å². The summed E-state index contributed by atoms with van der Waals surface area (Å²) < 4.78 is 0. The molecule has 0 heterocycles. The van der Waals surface area contributed by atoms with Gasteiger partial charge in [-0.15, -0.1) is 0 Å². The van der Waals surface area contributed by atoms with E-state index in [4.69, 9.17) is 0 Å². The molecule has 0 aliphatic carbocycles. The van der Waals surface area contributed by atoms with Gasteiger partial charge in [0.2, 0.25) is 0 Å². The molecule has 1 aromatic rings. The van der Waals surface area contributed by atoms with Gasteiger partial charge in [0.1, 0.15) is 17.3 Å². The van der Waals surface area contributed by atoms with Gasteiger partial charge in [0.25, 0.3) is 0 Å². The largest absolute Gasteiger partial charge is 0.383 e. The Morgan fingerprint density at radius 2 is 1.32 bits per heavy atom. The highest BCUT2D eigenvalue weighted by Gasteiger charge is 2.35. The number of aliphatic hydroxyl groups is 1. The van der Waals surface area contributed by atoms with Crippen molar-refractivity contribution in [2.45, 2.75) is 110 Å². The van der Waals surface area contributed by atoms with E-state index in [0.717, 1.165) is 6.42 Å². The number of Topliss-reactive ketones (excluding diaryl/α,β-unsaturated/α-hetero) is 2. The zero-order valence-corrected chi connectivity index (χ0v) is 18.4. The molecule has 3 heteroatoms. The Morgan fingerprint density at radius 1 is 0.857 bits per heavy atom. The number of carbonyl (C=O) groups is 2. The molecule has 0 aliphatic rings. The maximum Gasteiger partial charge on any atom is 0.178 e. The van der Waals surface area contributed by atoms with Crippen LogP contribution in [0.25, 0.3) is 0 Å². The van der Waals surface area contributed by atoms with E-state index >= 15 is 0 Å². The quantitative estimate of drug-likeness (QED) is 0.289. The van der Waals surface area contributed by atoms with Gasteiger partial charge in [-0.2, -0.15) is 0 Å². The van der Waals surface area contributed by atoms with Crippen LogP contribution in [0.4, 0.5) is 0 Å².